The van der Waals surface area contributed by atoms with Crippen LogP contribution >= 0.6 is 11.8 Å². The van der Waals surface area contributed by atoms with Crippen molar-refractivity contribution in [2.45, 2.75) is 38.9 Å². The molecule has 6 nitrogen and oxygen atoms in total. The fourth-order valence-corrected chi connectivity index (χ4v) is 2.59. The maximum atomic E-state index is 10.7. The number of aliphatic carboxylic acids is 1. The third-order valence-electron chi connectivity index (χ3n) is 2.82. The van der Waals surface area contributed by atoms with Crippen LogP contribution in [0.4, 0.5) is 0 Å². The van der Waals surface area contributed by atoms with Crippen LogP contribution < -0.4 is 0 Å². The van der Waals surface area contributed by atoms with Gasteiger partial charge in [-0.15, -0.1) is 10.2 Å². The van der Waals surface area contributed by atoms with Gasteiger partial charge in [-0.1, -0.05) is 32.5 Å². The first kappa shape index (κ1) is 15.6. The van der Waals surface area contributed by atoms with Crippen molar-refractivity contribution in [3.05, 3.63) is 17.9 Å². The Morgan fingerprint density at radius 2 is 2.19 bits per heavy atom. The second kappa shape index (κ2) is 6.80. The molecule has 2 rings (SSSR count). The standard InChI is InChI=1S/C14H19N3O3S/c1-4-10-5-6-11(20-10)13-15-16-14(21-8-12(18)19)17(13)7-9(2)3/h5-6,9H,4,7-8H2,1-3H3,(H,18,19). The quantitative estimate of drug-likeness (QED) is 0.792. The van der Waals surface area contributed by atoms with E-state index in [0.29, 0.717) is 29.2 Å². The van der Waals surface area contributed by atoms with E-state index in [9.17, 15) is 4.79 Å². The van der Waals surface area contributed by atoms with Gasteiger partial charge in [-0.2, -0.15) is 0 Å². The Labute approximate surface area is 127 Å². The molecule has 0 saturated heterocycles. The number of hydrogen-bond acceptors (Lipinski definition) is 5. The summed E-state index contributed by atoms with van der Waals surface area (Å²) in [6.07, 6.45) is 0.818. The van der Waals surface area contributed by atoms with E-state index in [2.05, 4.69) is 24.0 Å². The van der Waals surface area contributed by atoms with Gasteiger partial charge in [0, 0.05) is 13.0 Å². The van der Waals surface area contributed by atoms with Gasteiger partial charge < -0.3 is 9.52 Å². The predicted molar refractivity (Wildman–Crippen MR) is 80.3 cm³/mol. The fraction of sp³-hybridized carbons (Fsp3) is 0.500. The maximum absolute atomic E-state index is 10.7. The van der Waals surface area contributed by atoms with E-state index >= 15 is 0 Å². The Morgan fingerprint density at radius 3 is 2.76 bits per heavy atom. The molecule has 1 N–H and O–H groups in total. The normalized spacial score (nSPS) is 11.2. The number of rotatable bonds is 7. The Morgan fingerprint density at radius 1 is 1.43 bits per heavy atom. The lowest BCUT2D eigenvalue weighted by Gasteiger charge is -2.10. The number of carboxylic acids is 1. The SMILES string of the molecule is CCc1ccc(-c2nnc(SCC(=O)O)n2CC(C)C)o1. The largest absolute Gasteiger partial charge is 0.481 e. The first-order valence-electron chi connectivity index (χ1n) is 6.88. The molecule has 0 saturated carbocycles. The molecule has 0 aliphatic heterocycles. The van der Waals surface area contributed by atoms with Gasteiger partial charge in [-0.25, -0.2) is 0 Å². The minimum Gasteiger partial charge on any atom is -0.481 e. The van der Waals surface area contributed by atoms with E-state index in [0.717, 1.165) is 12.2 Å². The molecule has 7 heteroatoms. The molecule has 114 valence electrons. The highest BCUT2D eigenvalue weighted by atomic mass is 32.2. The zero-order valence-corrected chi connectivity index (χ0v) is 13.2. The zero-order valence-electron chi connectivity index (χ0n) is 12.4. The van der Waals surface area contributed by atoms with E-state index in [-0.39, 0.29) is 5.75 Å². The number of thioether (sulfide) groups is 1. The smallest absolute Gasteiger partial charge is 0.313 e. The molecule has 0 amide bonds. The number of aromatic nitrogens is 3. The van der Waals surface area contributed by atoms with Gasteiger partial charge in [0.1, 0.15) is 5.76 Å². The molecule has 0 unspecified atom stereocenters. The molecule has 0 radical (unpaired) electrons. The van der Waals surface area contributed by atoms with Crippen LogP contribution in [0.1, 0.15) is 26.5 Å². The first-order valence-corrected chi connectivity index (χ1v) is 7.86. The fourth-order valence-electron chi connectivity index (χ4n) is 1.92. The lowest BCUT2D eigenvalue weighted by molar-refractivity contribution is -0.133. The lowest BCUT2D eigenvalue weighted by atomic mass is 10.2. The molecular formula is C14H19N3O3S. The van der Waals surface area contributed by atoms with Gasteiger partial charge in [0.25, 0.3) is 0 Å². The molecule has 0 aliphatic carbocycles. The summed E-state index contributed by atoms with van der Waals surface area (Å²) in [4.78, 5) is 10.7. The molecule has 2 aromatic rings. The molecule has 0 atom stereocenters. The molecule has 2 aromatic heterocycles. The Balaban J connectivity index is 2.33. The second-order valence-corrected chi connectivity index (χ2v) is 6.06. The maximum Gasteiger partial charge on any atom is 0.313 e. The lowest BCUT2D eigenvalue weighted by Crippen LogP contribution is -2.08. The van der Waals surface area contributed by atoms with Gasteiger partial charge in [0.15, 0.2) is 10.9 Å². The molecule has 0 aliphatic rings. The summed E-state index contributed by atoms with van der Waals surface area (Å²) in [5.41, 5.74) is 0. The average molecular weight is 309 g/mol. The number of carboxylic acid groups (broad SMARTS) is 1. The topological polar surface area (TPSA) is 81.1 Å². The highest BCUT2D eigenvalue weighted by molar-refractivity contribution is 7.99. The van der Waals surface area contributed by atoms with E-state index in [1.54, 1.807) is 0 Å². The van der Waals surface area contributed by atoms with Crippen LogP contribution in [0.2, 0.25) is 0 Å². The number of carbonyl (C=O) groups is 1. The van der Waals surface area contributed by atoms with Crippen LogP contribution in [0.15, 0.2) is 21.7 Å². The van der Waals surface area contributed by atoms with Crippen molar-refractivity contribution in [1.29, 1.82) is 0 Å². The van der Waals surface area contributed by atoms with Gasteiger partial charge in [0.05, 0.1) is 5.75 Å². The van der Waals surface area contributed by atoms with Crippen molar-refractivity contribution in [1.82, 2.24) is 14.8 Å². The summed E-state index contributed by atoms with van der Waals surface area (Å²) in [5, 5.41) is 17.7. The average Bonchev–Trinajstić information content (AvgIpc) is 3.02. The van der Waals surface area contributed by atoms with Crippen molar-refractivity contribution in [3.8, 4) is 11.6 Å². The molecular weight excluding hydrogens is 290 g/mol. The van der Waals surface area contributed by atoms with Crippen LogP contribution in [0.25, 0.3) is 11.6 Å². The highest BCUT2D eigenvalue weighted by Gasteiger charge is 2.18. The van der Waals surface area contributed by atoms with E-state index in [1.165, 1.54) is 11.8 Å². The van der Waals surface area contributed by atoms with Crippen LogP contribution in [0.3, 0.4) is 0 Å². The zero-order chi connectivity index (χ0) is 15.4. The Bertz CT molecular complexity index is 619. The van der Waals surface area contributed by atoms with Crippen molar-refractivity contribution in [2.75, 3.05) is 5.75 Å². The van der Waals surface area contributed by atoms with Crippen molar-refractivity contribution >= 4 is 17.7 Å². The Hall–Kier alpha value is -1.76. The number of aryl methyl sites for hydroxylation is 1. The highest BCUT2D eigenvalue weighted by Crippen LogP contribution is 2.26. The first-order chi connectivity index (χ1) is 10.0. The summed E-state index contributed by atoms with van der Waals surface area (Å²) in [7, 11) is 0. The van der Waals surface area contributed by atoms with E-state index in [1.807, 2.05) is 23.6 Å². The van der Waals surface area contributed by atoms with Gasteiger partial charge in [-0.3, -0.25) is 9.36 Å². The molecule has 0 aromatic carbocycles. The summed E-state index contributed by atoms with van der Waals surface area (Å²) in [5.74, 6) is 1.70. The van der Waals surface area contributed by atoms with Gasteiger partial charge >= 0.3 is 5.97 Å². The number of nitrogens with zero attached hydrogens (tertiary/aromatic N) is 3. The molecule has 21 heavy (non-hydrogen) atoms. The van der Waals surface area contributed by atoms with Crippen molar-refractivity contribution < 1.29 is 14.3 Å². The predicted octanol–water partition coefficient (Wildman–Crippen LogP) is 2.93. The van der Waals surface area contributed by atoms with E-state index < -0.39 is 5.97 Å². The third kappa shape index (κ3) is 3.87. The number of furan rings is 1. The summed E-state index contributed by atoms with van der Waals surface area (Å²) >= 11 is 1.17. The molecule has 0 spiro atoms. The van der Waals surface area contributed by atoms with Gasteiger partial charge in [-0.05, 0) is 18.1 Å². The van der Waals surface area contributed by atoms with Crippen LogP contribution in [0.5, 0.6) is 0 Å². The summed E-state index contributed by atoms with van der Waals surface area (Å²) in [6, 6.07) is 3.80. The van der Waals surface area contributed by atoms with Gasteiger partial charge in [0.2, 0.25) is 5.82 Å². The monoisotopic (exact) mass is 309 g/mol. The third-order valence-corrected chi connectivity index (χ3v) is 3.77. The number of hydrogen-bond donors (Lipinski definition) is 1. The van der Waals surface area contributed by atoms with E-state index in [4.69, 9.17) is 9.52 Å². The second-order valence-electron chi connectivity index (χ2n) is 5.11. The molecule has 2 heterocycles. The molecule has 0 bridgehead atoms. The van der Waals surface area contributed by atoms with Crippen LogP contribution in [-0.4, -0.2) is 31.6 Å². The van der Waals surface area contributed by atoms with Crippen LogP contribution in [-0.2, 0) is 17.8 Å². The van der Waals surface area contributed by atoms with Crippen molar-refractivity contribution in [3.63, 3.8) is 0 Å². The van der Waals surface area contributed by atoms with Crippen molar-refractivity contribution in [2.24, 2.45) is 5.92 Å². The minimum atomic E-state index is -0.869. The van der Waals surface area contributed by atoms with Crippen LogP contribution in [0, 0.1) is 5.92 Å². The summed E-state index contributed by atoms with van der Waals surface area (Å²) < 4.78 is 7.66. The minimum absolute atomic E-state index is 0.0331. The molecule has 0 fully saturated rings. The summed E-state index contributed by atoms with van der Waals surface area (Å²) in [6.45, 7) is 6.92. The Kier molecular flexibility index (Phi) is 5.06.